The number of hydrogen-bond donors (Lipinski definition) is 8. The zero-order chi connectivity index (χ0) is 32.6. The first-order valence-electron chi connectivity index (χ1n) is 16.4. The lowest BCUT2D eigenvalue weighted by molar-refractivity contribution is -0.324. The van der Waals surface area contributed by atoms with Crippen molar-refractivity contribution < 1.29 is 55.1 Å². The highest BCUT2D eigenvalue weighted by atomic mass is 16.7. The van der Waals surface area contributed by atoms with Crippen molar-refractivity contribution in [2.45, 2.75) is 146 Å². The maximum Gasteiger partial charge on any atom is 0.187 e. The number of ether oxygens (including phenoxy) is 2. The monoisotopic (exact) mass is 626 g/mol. The third kappa shape index (κ3) is 5.42. The Bertz CT molecular complexity index is 1110. The van der Waals surface area contributed by atoms with Gasteiger partial charge in [-0.3, -0.25) is 4.79 Å². The smallest absolute Gasteiger partial charge is 0.187 e. The topological polar surface area (TPSA) is 197 Å². The van der Waals surface area contributed by atoms with Crippen LogP contribution in [0.25, 0.3) is 0 Å². The molecule has 44 heavy (non-hydrogen) atoms. The molecule has 4 aliphatic carbocycles. The number of aliphatic hydroxyl groups is 8. The molecule has 4 fully saturated rings. The summed E-state index contributed by atoms with van der Waals surface area (Å²) in [5.41, 5.74) is -2.42. The van der Waals surface area contributed by atoms with E-state index < -0.39 is 77.7 Å². The van der Waals surface area contributed by atoms with Gasteiger partial charge in [0.1, 0.15) is 24.4 Å². The van der Waals surface area contributed by atoms with E-state index in [9.17, 15) is 45.6 Å². The average Bonchev–Trinajstić information content (AvgIpc) is 3.24. The van der Waals surface area contributed by atoms with Crippen molar-refractivity contribution in [3.05, 3.63) is 11.6 Å². The summed E-state index contributed by atoms with van der Waals surface area (Å²) in [5, 5.41) is 84.8. The van der Waals surface area contributed by atoms with E-state index in [2.05, 4.69) is 6.92 Å². The van der Waals surface area contributed by atoms with Gasteiger partial charge in [0.25, 0.3) is 0 Å². The summed E-state index contributed by atoms with van der Waals surface area (Å²) in [5.74, 6) is -0.721. The Labute approximate surface area is 259 Å². The van der Waals surface area contributed by atoms with E-state index in [0.29, 0.717) is 38.5 Å². The second-order valence-electron chi connectivity index (χ2n) is 15.7. The number of rotatable bonds is 8. The highest BCUT2D eigenvalue weighted by Gasteiger charge is 2.67. The van der Waals surface area contributed by atoms with Crippen LogP contribution in [0.5, 0.6) is 0 Å². The SMILES string of the molecule is C[C@H](C(O)CCC(C)(C)OC1O[C@H](CO)[C@@H](O)[C@H](O)[C@H]1O)[C@H]1CC[C@@]2(O)C3=CC(=O)[C@@H]4C[C@@H](O)[C@@H](O)C[C@]4(C)[C@@H]3CC[C@]12C. The zero-order valence-corrected chi connectivity index (χ0v) is 26.7. The average molecular weight is 627 g/mol. The van der Waals surface area contributed by atoms with Crippen LogP contribution in [-0.2, 0) is 14.3 Å². The highest BCUT2D eigenvalue weighted by Crippen LogP contribution is 2.68. The molecular formula is C33H54O11. The number of carbonyl (C=O) groups is 1. The minimum atomic E-state index is -1.54. The maximum absolute atomic E-state index is 13.4. The molecule has 0 radical (unpaired) electrons. The Morgan fingerprint density at radius 3 is 2.36 bits per heavy atom. The molecule has 0 bridgehead atoms. The molecule has 0 aromatic carbocycles. The molecule has 11 heteroatoms. The van der Waals surface area contributed by atoms with Crippen molar-refractivity contribution >= 4 is 5.78 Å². The van der Waals surface area contributed by atoms with E-state index in [1.165, 1.54) is 0 Å². The third-order valence-electron chi connectivity index (χ3n) is 12.8. The van der Waals surface area contributed by atoms with E-state index >= 15 is 0 Å². The largest absolute Gasteiger partial charge is 0.394 e. The first-order valence-corrected chi connectivity index (χ1v) is 16.4. The molecule has 1 aliphatic heterocycles. The predicted molar refractivity (Wildman–Crippen MR) is 158 cm³/mol. The predicted octanol–water partition coefficient (Wildman–Crippen LogP) is 0.563. The summed E-state index contributed by atoms with van der Waals surface area (Å²) in [7, 11) is 0. The van der Waals surface area contributed by atoms with Crippen molar-refractivity contribution in [2.24, 2.45) is 34.5 Å². The summed E-state index contributed by atoms with van der Waals surface area (Å²) in [6, 6.07) is 0. The number of allylic oxidation sites excluding steroid dienone is 1. The van der Waals surface area contributed by atoms with Crippen LogP contribution in [0, 0.1) is 34.5 Å². The molecule has 11 nitrogen and oxygen atoms in total. The van der Waals surface area contributed by atoms with Gasteiger partial charge >= 0.3 is 0 Å². The molecule has 0 spiro atoms. The Balaban J connectivity index is 1.27. The minimum Gasteiger partial charge on any atom is -0.394 e. The molecule has 0 aromatic heterocycles. The molecule has 8 N–H and O–H groups in total. The van der Waals surface area contributed by atoms with E-state index in [0.717, 1.165) is 12.0 Å². The van der Waals surface area contributed by atoms with Gasteiger partial charge in [0, 0.05) is 11.3 Å². The van der Waals surface area contributed by atoms with E-state index in [-0.39, 0.29) is 35.9 Å². The highest BCUT2D eigenvalue weighted by molar-refractivity contribution is 5.95. The summed E-state index contributed by atoms with van der Waals surface area (Å²) in [6.45, 7) is 9.12. The normalized spacial score (nSPS) is 49.0. The molecule has 1 saturated heterocycles. The van der Waals surface area contributed by atoms with Crippen LogP contribution < -0.4 is 0 Å². The standard InChI is InChI=1S/C33H54O11/c1-16(21(35)8-9-30(2,3)44-29-28(41)27(40)26(39)25(15-34)43-29)17-7-11-33(42)19-12-22(36)20-13-23(37)24(38)14-31(20,4)18(19)6-10-32(17,33)5/h12,16-18,20-21,23-29,34-35,37-42H,6-11,13-15H2,1-5H3/t16-,17+,18+,20-,21?,23+,24-,25+,26+,27-,28+,29?,31+,32+,33+/m0/s1. The lowest BCUT2D eigenvalue weighted by atomic mass is 9.46. The molecule has 5 rings (SSSR count). The molecule has 3 saturated carbocycles. The number of hydrogen-bond acceptors (Lipinski definition) is 11. The summed E-state index contributed by atoms with van der Waals surface area (Å²) < 4.78 is 11.5. The van der Waals surface area contributed by atoms with Crippen LogP contribution >= 0.6 is 0 Å². The summed E-state index contributed by atoms with van der Waals surface area (Å²) >= 11 is 0. The van der Waals surface area contributed by atoms with E-state index in [1.54, 1.807) is 19.9 Å². The van der Waals surface area contributed by atoms with Crippen molar-refractivity contribution in [3.8, 4) is 0 Å². The van der Waals surface area contributed by atoms with Crippen LogP contribution in [0.2, 0.25) is 0 Å². The molecule has 5 aliphatic rings. The Morgan fingerprint density at radius 2 is 1.70 bits per heavy atom. The van der Waals surface area contributed by atoms with Gasteiger partial charge in [-0.2, -0.15) is 0 Å². The number of ketones is 1. The Hall–Kier alpha value is -0.990. The van der Waals surface area contributed by atoms with Crippen molar-refractivity contribution in [1.29, 1.82) is 0 Å². The van der Waals surface area contributed by atoms with E-state index in [4.69, 9.17) is 9.47 Å². The molecular weight excluding hydrogens is 572 g/mol. The van der Waals surface area contributed by atoms with Gasteiger partial charge in [0.15, 0.2) is 12.1 Å². The molecule has 252 valence electrons. The quantitative estimate of drug-likeness (QED) is 0.187. The first-order chi connectivity index (χ1) is 20.4. The molecule has 2 unspecified atom stereocenters. The van der Waals surface area contributed by atoms with Gasteiger partial charge in [-0.15, -0.1) is 0 Å². The van der Waals surface area contributed by atoms with E-state index in [1.807, 2.05) is 13.8 Å². The second kappa shape index (κ2) is 11.9. The van der Waals surface area contributed by atoms with Crippen LogP contribution in [0.15, 0.2) is 11.6 Å². The second-order valence-corrected chi connectivity index (χ2v) is 15.7. The van der Waals surface area contributed by atoms with Gasteiger partial charge in [0.2, 0.25) is 0 Å². The van der Waals surface area contributed by atoms with Crippen molar-refractivity contribution in [2.75, 3.05) is 6.61 Å². The van der Waals surface area contributed by atoms with Gasteiger partial charge in [-0.25, -0.2) is 0 Å². The fraction of sp³-hybridized carbons (Fsp3) is 0.909. The lowest BCUT2D eigenvalue weighted by Gasteiger charge is -2.60. The van der Waals surface area contributed by atoms with Crippen LogP contribution in [0.1, 0.15) is 86.0 Å². The summed E-state index contributed by atoms with van der Waals surface area (Å²) in [6.07, 6.45) is -3.83. The number of carbonyl (C=O) groups excluding carboxylic acids is 1. The Kier molecular flexibility index (Phi) is 9.30. The van der Waals surface area contributed by atoms with Crippen molar-refractivity contribution in [1.82, 2.24) is 0 Å². The molecule has 1 heterocycles. The fourth-order valence-corrected chi connectivity index (χ4v) is 9.82. The van der Waals surface area contributed by atoms with Crippen LogP contribution in [0.3, 0.4) is 0 Å². The maximum atomic E-state index is 13.4. The fourth-order valence-electron chi connectivity index (χ4n) is 9.82. The molecule has 0 amide bonds. The number of fused-ring (bicyclic) bond motifs is 5. The third-order valence-corrected chi connectivity index (χ3v) is 12.8. The molecule has 0 aromatic rings. The Morgan fingerprint density at radius 1 is 1.02 bits per heavy atom. The number of aliphatic hydroxyl groups excluding tert-OH is 7. The minimum absolute atomic E-state index is 0.0155. The van der Waals surface area contributed by atoms with Crippen LogP contribution in [-0.4, -0.2) is 113 Å². The first kappa shape index (κ1) is 34.3. The summed E-state index contributed by atoms with van der Waals surface area (Å²) in [4.78, 5) is 13.4. The zero-order valence-electron chi connectivity index (χ0n) is 26.7. The van der Waals surface area contributed by atoms with Gasteiger partial charge in [-0.1, -0.05) is 20.8 Å². The van der Waals surface area contributed by atoms with Gasteiger partial charge in [0.05, 0.1) is 36.1 Å². The van der Waals surface area contributed by atoms with Gasteiger partial charge < -0.3 is 50.3 Å². The van der Waals surface area contributed by atoms with Gasteiger partial charge in [-0.05, 0) is 100 Å². The lowest BCUT2D eigenvalue weighted by Crippen LogP contribution is -2.61. The van der Waals surface area contributed by atoms with Crippen LogP contribution in [0.4, 0.5) is 0 Å². The van der Waals surface area contributed by atoms with Crippen molar-refractivity contribution in [3.63, 3.8) is 0 Å². The molecule has 15 atom stereocenters.